The van der Waals surface area contributed by atoms with E-state index in [-0.39, 0.29) is 19.3 Å². The minimum Gasteiger partial charge on any atom is -0.452 e. The van der Waals surface area contributed by atoms with E-state index in [4.69, 9.17) is 16.3 Å². The quantitative estimate of drug-likeness (QED) is 0.563. The molecule has 0 bridgehead atoms. The third kappa shape index (κ3) is 8.94. The zero-order valence-corrected chi connectivity index (χ0v) is 8.26. The summed E-state index contributed by atoms with van der Waals surface area (Å²) in [6, 6.07) is 0. The van der Waals surface area contributed by atoms with Crippen molar-refractivity contribution in [3.05, 3.63) is 0 Å². The van der Waals surface area contributed by atoms with Gasteiger partial charge in [0.05, 0.1) is 12.6 Å². The van der Waals surface area contributed by atoms with Gasteiger partial charge in [0, 0.05) is 11.6 Å². The van der Waals surface area contributed by atoms with E-state index in [0.717, 1.165) is 0 Å². The Bertz CT molecular complexity index is 183. The van der Waals surface area contributed by atoms with Crippen LogP contribution in [0.2, 0.25) is 0 Å². The maximum absolute atomic E-state index is 10.8. The fourth-order valence-corrected chi connectivity index (χ4v) is 0.617. The lowest BCUT2D eigenvalue weighted by atomic mass is 10.5. The van der Waals surface area contributed by atoms with Gasteiger partial charge in [-0.05, 0) is 13.8 Å². The largest absolute Gasteiger partial charge is 0.452 e. The lowest BCUT2D eigenvalue weighted by molar-refractivity contribution is 0.112. The molecule has 0 heterocycles. The third-order valence-corrected chi connectivity index (χ3v) is 1.04. The summed E-state index contributed by atoms with van der Waals surface area (Å²) in [6.07, 6.45) is -0.712. The van der Waals surface area contributed by atoms with Gasteiger partial charge in [0.25, 0.3) is 0 Å². The van der Waals surface area contributed by atoms with Crippen LogP contribution >= 0.6 is 11.6 Å². The van der Waals surface area contributed by atoms with Gasteiger partial charge in [-0.25, -0.2) is 9.59 Å². The van der Waals surface area contributed by atoms with Gasteiger partial charge in [0.2, 0.25) is 0 Å². The minimum atomic E-state index is -0.890. The van der Waals surface area contributed by atoms with Crippen LogP contribution in [-0.4, -0.2) is 30.8 Å². The molecule has 0 saturated carbocycles. The Morgan fingerprint density at radius 3 is 2.54 bits per heavy atom. The molecule has 0 aromatic carbocycles. The van der Waals surface area contributed by atoms with E-state index in [1.54, 1.807) is 13.8 Å². The van der Waals surface area contributed by atoms with E-state index in [1.165, 1.54) is 0 Å². The summed E-state index contributed by atoms with van der Waals surface area (Å²) in [5, 5.41) is 2.37. The van der Waals surface area contributed by atoms with Gasteiger partial charge >= 0.3 is 11.5 Å². The van der Waals surface area contributed by atoms with E-state index in [1.807, 2.05) is 0 Å². The molecule has 0 aromatic rings. The van der Waals surface area contributed by atoms with Crippen molar-refractivity contribution in [2.45, 2.75) is 20.0 Å². The van der Waals surface area contributed by atoms with Crippen LogP contribution in [0.25, 0.3) is 0 Å². The Hall–Kier alpha value is -0.970. The monoisotopic (exact) mass is 209 g/mol. The Morgan fingerprint density at radius 2 is 2.08 bits per heavy atom. The highest BCUT2D eigenvalue weighted by atomic mass is 35.5. The van der Waals surface area contributed by atoms with Gasteiger partial charge in [0.1, 0.15) is 6.61 Å². The van der Waals surface area contributed by atoms with Crippen LogP contribution in [0.1, 0.15) is 13.8 Å². The molecule has 0 aliphatic carbocycles. The highest BCUT2D eigenvalue weighted by molar-refractivity contribution is 6.61. The molecule has 0 atom stereocenters. The molecular weight excluding hydrogens is 198 g/mol. The molecule has 0 aliphatic rings. The number of rotatable bonds is 4. The summed E-state index contributed by atoms with van der Waals surface area (Å²) in [6.45, 7) is 3.69. The summed E-state index contributed by atoms with van der Waals surface area (Å²) in [4.78, 5) is 20.9. The predicted octanol–water partition coefficient (Wildman–Crippen LogP) is 1.50. The summed E-state index contributed by atoms with van der Waals surface area (Å²) in [5.41, 5.74) is -0.890. The van der Waals surface area contributed by atoms with Crippen LogP contribution in [0, 0.1) is 0 Å². The highest BCUT2D eigenvalue weighted by Gasteiger charge is 2.03. The number of alkyl carbamates (subject to hydrolysis) is 1. The van der Waals surface area contributed by atoms with E-state index in [2.05, 4.69) is 10.1 Å². The van der Waals surface area contributed by atoms with Crippen molar-refractivity contribution in [3.8, 4) is 0 Å². The van der Waals surface area contributed by atoms with Crippen LogP contribution in [0.15, 0.2) is 0 Å². The Balaban J connectivity index is 3.32. The zero-order chi connectivity index (χ0) is 10.3. The number of carbonyl (C=O) groups is 2. The second kappa shape index (κ2) is 6.54. The highest BCUT2D eigenvalue weighted by Crippen LogP contribution is 1.88. The molecule has 0 aromatic heterocycles. The fourth-order valence-electron chi connectivity index (χ4n) is 0.540. The van der Waals surface area contributed by atoms with Crippen molar-refractivity contribution in [1.29, 1.82) is 0 Å². The van der Waals surface area contributed by atoms with E-state index in [0.29, 0.717) is 0 Å². The lowest BCUT2D eigenvalue weighted by Gasteiger charge is -2.08. The fraction of sp³-hybridized carbons (Fsp3) is 0.714. The summed E-state index contributed by atoms with van der Waals surface area (Å²) < 4.78 is 9.09. The first kappa shape index (κ1) is 12.0. The first-order chi connectivity index (χ1) is 6.02. The van der Waals surface area contributed by atoms with Crippen molar-refractivity contribution in [2.24, 2.45) is 0 Å². The van der Waals surface area contributed by atoms with Crippen LogP contribution in [0.3, 0.4) is 0 Å². The van der Waals surface area contributed by atoms with Crippen LogP contribution in [0.5, 0.6) is 0 Å². The van der Waals surface area contributed by atoms with E-state index in [9.17, 15) is 9.59 Å². The van der Waals surface area contributed by atoms with Gasteiger partial charge in [-0.3, -0.25) is 0 Å². The van der Waals surface area contributed by atoms with Crippen molar-refractivity contribution in [1.82, 2.24) is 5.32 Å². The van der Waals surface area contributed by atoms with Crippen molar-refractivity contribution in [2.75, 3.05) is 13.2 Å². The zero-order valence-electron chi connectivity index (χ0n) is 7.50. The molecule has 0 spiro atoms. The number of halogens is 1. The molecule has 0 saturated heterocycles. The second-order valence-electron chi connectivity index (χ2n) is 2.47. The maximum atomic E-state index is 10.8. The molecule has 0 rings (SSSR count). The minimum absolute atomic E-state index is 0.0372. The normalized spacial score (nSPS) is 9.54. The SMILES string of the molecule is CC(C)OC(=O)NCCOC(=O)Cl. The maximum Gasteiger partial charge on any atom is 0.407 e. The smallest absolute Gasteiger partial charge is 0.407 e. The first-order valence-electron chi connectivity index (χ1n) is 3.79. The summed E-state index contributed by atoms with van der Waals surface area (Å²) >= 11 is 4.87. The molecule has 0 fully saturated rings. The average Bonchev–Trinajstić information content (AvgIpc) is 1.96. The molecule has 1 N–H and O–H groups in total. The predicted molar refractivity (Wildman–Crippen MR) is 46.8 cm³/mol. The first-order valence-corrected chi connectivity index (χ1v) is 4.17. The lowest BCUT2D eigenvalue weighted by Crippen LogP contribution is -2.29. The van der Waals surface area contributed by atoms with Gasteiger partial charge in [-0.2, -0.15) is 0 Å². The Morgan fingerprint density at radius 1 is 1.46 bits per heavy atom. The van der Waals surface area contributed by atoms with Crippen molar-refractivity contribution >= 4 is 23.1 Å². The Labute approximate surface area is 81.3 Å². The van der Waals surface area contributed by atoms with Crippen molar-refractivity contribution < 1.29 is 19.1 Å². The third-order valence-electron chi connectivity index (χ3n) is 0.930. The van der Waals surface area contributed by atoms with Crippen LogP contribution < -0.4 is 5.32 Å². The topological polar surface area (TPSA) is 64.6 Å². The molecule has 1 amide bonds. The van der Waals surface area contributed by atoms with E-state index >= 15 is 0 Å². The number of carbonyl (C=O) groups excluding carboxylic acids is 2. The van der Waals surface area contributed by atoms with Crippen LogP contribution in [0.4, 0.5) is 9.59 Å². The second-order valence-corrected chi connectivity index (χ2v) is 2.78. The molecule has 13 heavy (non-hydrogen) atoms. The number of nitrogens with one attached hydrogen (secondary N) is 1. The number of ether oxygens (including phenoxy) is 2. The number of hydrogen-bond donors (Lipinski definition) is 1. The number of hydrogen-bond acceptors (Lipinski definition) is 4. The number of amides is 1. The van der Waals surface area contributed by atoms with Gasteiger partial charge in [-0.15, -0.1) is 0 Å². The molecule has 5 nitrogen and oxygen atoms in total. The van der Waals surface area contributed by atoms with Gasteiger partial charge in [-0.1, -0.05) is 0 Å². The molecule has 6 heteroatoms. The summed E-state index contributed by atoms with van der Waals surface area (Å²) in [7, 11) is 0. The average molecular weight is 210 g/mol. The standard InChI is InChI=1S/C7H12ClNO4/c1-5(2)13-7(11)9-3-4-12-6(8)10/h5H,3-4H2,1-2H3,(H,9,11). The molecular formula is C7H12ClNO4. The Kier molecular flexibility index (Phi) is 6.05. The van der Waals surface area contributed by atoms with E-state index < -0.39 is 11.5 Å². The summed E-state index contributed by atoms with van der Waals surface area (Å²) in [5.74, 6) is 0. The molecule has 0 aliphatic heterocycles. The van der Waals surface area contributed by atoms with Gasteiger partial charge < -0.3 is 14.8 Å². The van der Waals surface area contributed by atoms with Crippen LogP contribution in [-0.2, 0) is 9.47 Å². The molecule has 0 radical (unpaired) electrons. The van der Waals surface area contributed by atoms with Gasteiger partial charge in [0.15, 0.2) is 0 Å². The molecule has 0 unspecified atom stereocenters. The molecule has 76 valence electrons. The van der Waals surface area contributed by atoms with Crippen molar-refractivity contribution in [3.63, 3.8) is 0 Å².